The van der Waals surface area contributed by atoms with E-state index in [0.29, 0.717) is 11.6 Å². The van der Waals surface area contributed by atoms with Crippen molar-refractivity contribution in [1.82, 2.24) is 5.32 Å². The van der Waals surface area contributed by atoms with Crippen LogP contribution in [0.3, 0.4) is 0 Å². The van der Waals surface area contributed by atoms with Gasteiger partial charge in [0.1, 0.15) is 5.75 Å². The lowest BCUT2D eigenvalue weighted by Gasteiger charge is -2.26. The molecule has 7 heteroatoms. The van der Waals surface area contributed by atoms with E-state index in [-0.39, 0.29) is 5.91 Å². The highest BCUT2D eigenvalue weighted by atomic mass is 32.2. The highest BCUT2D eigenvalue weighted by Gasteiger charge is 2.21. The monoisotopic (exact) mass is 493 g/mol. The third kappa shape index (κ3) is 6.33. The molecule has 0 spiro atoms. The summed E-state index contributed by atoms with van der Waals surface area (Å²) in [5.41, 5.74) is 5.98. The second-order valence-electron chi connectivity index (χ2n) is 9.92. The Bertz CT molecular complexity index is 1120. The van der Waals surface area contributed by atoms with E-state index in [2.05, 4.69) is 28.1 Å². The van der Waals surface area contributed by atoms with Gasteiger partial charge in [0.25, 0.3) is 5.91 Å². The van der Waals surface area contributed by atoms with E-state index >= 15 is 0 Å². The number of hydrogen-bond acceptors (Lipinski definition) is 5. The summed E-state index contributed by atoms with van der Waals surface area (Å²) in [5.74, 6) is 3.16. The van der Waals surface area contributed by atoms with E-state index < -0.39 is 10.8 Å². The second-order valence-corrected chi connectivity index (χ2v) is 11.6. The first kappa shape index (κ1) is 24.1. The summed E-state index contributed by atoms with van der Waals surface area (Å²) >= 11 is 0. The van der Waals surface area contributed by atoms with Crippen LogP contribution in [0.15, 0.2) is 42.0 Å². The van der Waals surface area contributed by atoms with Crippen molar-refractivity contribution >= 4 is 34.2 Å². The van der Waals surface area contributed by atoms with Gasteiger partial charge in [0.15, 0.2) is 0 Å². The van der Waals surface area contributed by atoms with Crippen LogP contribution in [0.2, 0.25) is 0 Å². The van der Waals surface area contributed by atoms with Gasteiger partial charge in [0.2, 0.25) is 0 Å². The lowest BCUT2D eigenvalue weighted by Crippen LogP contribution is -2.37. The fourth-order valence-electron chi connectivity index (χ4n) is 4.73. The van der Waals surface area contributed by atoms with E-state index in [1.165, 1.54) is 18.4 Å². The Labute approximate surface area is 210 Å². The lowest BCUT2D eigenvalue weighted by molar-refractivity contribution is 0.102. The molecule has 0 aromatic heterocycles. The van der Waals surface area contributed by atoms with E-state index in [4.69, 9.17) is 4.74 Å². The van der Waals surface area contributed by atoms with Gasteiger partial charge in [0.05, 0.1) is 6.61 Å². The maximum atomic E-state index is 12.9. The SMILES string of the molecule is Cc1c(NC(=O)c2ccc(OCCC3CC3)cc2)ccc2c1NCC(CNC1CCS(=O)CC1)=C2. The molecule has 0 radical (unpaired) electrons. The molecule has 0 unspecified atom stereocenters. The van der Waals surface area contributed by atoms with Gasteiger partial charge in [-0.1, -0.05) is 25.0 Å². The Hall–Kier alpha value is -2.64. The van der Waals surface area contributed by atoms with Crippen molar-refractivity contribution < 1.29 is 13.7 Å². The molecule has 2 aromatic rings. The number of ether oxygens (including phenoxy) is 1. The molecule has 1 amide bonds. The molecule has 1 aliphatic carbocycles. The van der Waals surface area contributed by atoms with Crippen LogP contribution in [0.4, 0.5) is 11.4 Å². The minimum absolute atomic E-state index is 0.123. The summed E-state index contributed by atoms with van der Waals surface area (Å²) in [4.78, 5) is 12.9. The van der Waals surface area contributed by atoms with E-state index in [0.717, 1.165) is 84.6 Å². The number of carbonyl (C=O) groups is 1. The van der Waals surface area contributed by atoms with Crippen LogP contribution in [-0.2, 0) is 10.8 Å². The molecule has 35 heavy (non-hydrogen) atoms. The Morgan fingerprint density at radius 2 is 1.86 bits per heavy atom. The lowest BCUT2D eigenvalue weighted by atomic mass is 9.99. The van der Waals surface area contributed by atoms with Crippen LogP contribution < -0.4 is 20.7 Å². The van der Waals surface area contributed by atoms with Crippen molar-refractivity contribution in [3.63, 3.8) is 0 Å². The van der Waals surface area contributed by atoms with Gasteiger partial charge in [0, 0.05) is 58.4 Å². The van der Waals surface area contributed by atoms with Crippen LogP contribution in [-0.4, -0.2) is 47.4 Å². The standard InChI is InChI=1S/C28H35N3O3S/c1-19-26(31-28(32)22-4-7-25(8-5-22)34-13-10-20-2-3-20)9-6-23-16-21(18-30-27(19)23)17-29-24-11-14-35(33)15-12-24/h4-9,16,20,24,29-30H,2-3,10-15,17-18H2,1H3,(H,31,32). The zero-order valence-corrected chi connectivity index (χ0v) is 21.2. The first-order chi connectivity index (χ1) is 17.0. The predicted octanol–water partition coefficient (Wildman–Crippen LogP) is 4.74. The van der Waals surface area contributed by atoms with E-state index in [9.17, 15) is 9.00 Å². The molecule has 2 aromatic carbocycles. The third-order valence-electron chi connectivity index (χ3n) is 7.21. The van der Waals surface area contributed by atoms with Gasteiger partial charge >= 0.3 is 0 Å². The molecule has 2 fully saturated rings. The number of fused-ring (bicyclic) bond motifs is 1. The maximum absolute atomic E-state index is 12.9. The molecular formula is C28H35N3O3S. The maximum Gasteiger partial charge on any atom is 0.255 e. The molecular weight excluding hydrogens is 458 g/mol. The van der Waals surface area contributed by atoms with Gasteiger partial charge in [-0.25, -0.2) is 0 Å². The molecule has 1 saturated carbocycles. The number of anilines is 2. The van der Waals surface area contributed by atoms with Crippen LogP contribution in [0.5, 0.6) is 5.75 Å². The van der Waals surface area contributed by atoms with Crippen LogP contribution in [0, 0.1) is 12.8 Å². The number of benzene rings is 2. The van der Waals surface area contributed by atoms with Crippen LogP contribution in [0.25, 0.3) is 6.08 Å². The topological polar surface area (TPSA) is 79.5 Å². The molecule has 3 aliphatic rings. The zero-order valence-electron chi connectivity index (χ0n) is 20.4. The minimum atomic E-state index is -0.625. The van der Waals surface area contributed by atoms with Gasteiger partial charge in [-0.3, -0.25) is 9.00 Å². The third-order valence-corrected chi connectivity index (χ3v) is 8.59. The second kappa shape index (κ2) is 11.0. The van der Waals surface area contributed by atoms with Gasteiger partial charge in [-0.2, -0.15) is 0 Å². The molecule has 0 bridgehead atoms. The largest absolute Gasteiger partial charge is 0.494 e. The van der Waals surface area contributed by atoms with Gasteiger partial charge < -0.3 is 20.7 Å². The number of carbonyl (C=O) groups excluding carboxylic acids is 1. The summed E-state index contributed by atoms with van der Waals surface area (Å²) in [6.07, 6.45) is 8.00. The Morgan fingerprint density at radius 3 is 2.60 bits per heavy atom. The summed E-state index contributed by atoms with van der Waals surface area (Å²) < 4.78 is 17.4. The van der Waals surface area contributed by atoms with E-state index in [1.807, 2.05) is 37.3 Å². The number of hydrogen-bond donors (Lipinski definition) is 3. The first-order valence-corrected chi connectivity index (χ1v) is 14.2. The summed E-state index contributed by atoms with van der Waals surface area (Å²) in [5, 5.41) is 10.2. The Kier molecular flexibility index (Phi) is 7.54. The average molecular weight is 494 g/mol. The molecule has 2 aliphatic heterocycles. The first-order valence-electron chi connectivity index (χ1n) is 12.7. The van der Waals surface area contributed by atoms with Crippen molar-refractivity contribution in [2.75, 3.05) is 41.8 Å². The molecule has 0 atom stereocenters. The van der Waals surface area contributed by atoms with Crippen molar-refractivity contribution in [1.29, 1.82) is 0 Å². The average Bonchev–Trinajstić information content (AvgIpc) is 3.70. The van der Waals surface area contributed by atoms with Gasteiger partial charge in [-0.15, -0.1) is 0 Å². The zero-order chi connectivity index (χ0) is 24.2. The summed E-state index contributed by atoms with van der Waals surface area (Å²) in [6.45, 7) is 4.39. The van der Waals surface area contributed by atoms with Crippen molar-refractivity contribution in [3.8, 4) is 5.75 Å². The smallest absolute Gasteiger partial charge is 0.255 e. The molecule has 1 saturated heterocycles. The fraction of sp³-hybridized carbons (Fsp3) is 0.464. The molecule has 3 N–H and O–H groups in total. The normalized spacial score (nSPS) is 21.5. The highest BCUT2D eigenvalue weighted by Crippen LogP contribution is 2.33. The highest BCUT2D eigenvalue weighted by molar-refractivity contribution is 7.85. The number of amides is 1. The molecule has 5 rings (SSSR count). The predicted molar refractivity (Wildman–Crippen MR) is 144 cm³/mol. The van der Waals surface area contributed by atoms with E-state index in [1.54, 1.807) is 0 Å². The van der Waals surface area contributed by atoms with Crippen molar-refractivity contribution in [3.05, 3.63) is 58.7 Å². The molecule has 2 heterocycles. The van der Waals surface area contributed by atoms with Gasteiger partial charge in [-0.05, 0) is 79.1 Å². The van der Waals surface area contributed by atoms with Crippen molar-refractivity contribution in [2.45, 2.75) is 45.1 Å². The Morgan fingerprint density at radius 1 is 1.09 bits per heavy atom. The summed E-state index contributed by atoms with van der Waals surface area (Å²) in [7, 11) is -0.625. The van der Waals surface area contributed by atoms with Crippen LogP contribution in [0.1, 0.15) is 53.6 Å². The quantitative estimate of drug-likeness (QED) is 0.470. The number of nitrogens with one attached hydrogen (secondary N) is 3. The number of rotatable bonds is 9. The van der Waals surface area contributed by atoms with Crippen molar-refractivity contribution in [2.24, 2.45) is 5.92 Å². The fourth-order valence-corrected chi connectivity index (χ4v) is 6.03. The minimum Gasteiger partial charge on any atom is -0.494 e. The Balaban J connectivity index is 1.17. The molecule has 186 valence electrons. The summed E-state index contributed by atoms with van der Waals surface area (Å²) in [6, 6.07) is 11.9. The molecule has 6 nitrogen and oxygen atoms in total. The van der Waals surface area contributed by atoms with Crippen LogP contribution >= 0.6 is 0 Å².